The van der Waals surface area contributed by atoms with E-state index < -0.39 is 0 Å². The van der Waals surface area contributed by atoms with Crippen LogP contribution in [-0.2, 0) is 19.1 Å². The Balaban J connectivity index is 1.20. The molecule has 166 valence electrons. The molecule has 0 amide bonds. The molecule has 4 nitrogen and oxygen atoms in total. The van der Waals surface area contributed by atoms with Crippen molar-refractivity contribution in [2.45, 2.75) is 96.2 Å². The number of ether oxygens (including phenoxy) is 2. The van der Waals surface area contributed by atoms with Crippen molar-refractivity contribution in [3.63, 3.8) is 0 Å². The summed E-state index contributed by atoms with van der Waals surface area (Å²) in [4.78, 5) is 24.8. The molecule has 4 unspecified atom stereocenters. The summed E-state index contributed by atoms with van der Waals surface area (Å²) in [5.41, 5.74) is -0.263. The predicted octanol–water partition coefficient (Wildman–Crippen LogP) is 5.45. The van der Waals surface area contributed by atoms with Crippen LogP contribution >= 0.6 is 0 Å². The zero-order chi connectivity index (χ0) is 20.9. The second-order valence-corrected chi connectivity index (χ2v) is 11.1. The maximum atomic E-state index is 13.1. The Morgan fingerprint density at radius 2 is 1.70 bits per heavy atom. The van der Waals surface area contributed by atoms with E-state index in [4.69, 9.17) is 9.47 Å². The first kappa shape index (κ1) is 20.6. The largest absolute Gasteiger partial charge is 0.462 e. The highest BCUT2D eigenvalue weighted by molar-refractivity contribution is 5.72. The van der Waals surface area contributed by atoms with Crippen LogP contribution in [0.25, 0.3) is 0 Å². The van der Waals surface area contributed by atoms with E-state index in [1.54, 1.807) is 0 Å². The standard InChI is InChI=1S/C26H38O4/c1-3-26(22-11-18-8-19(13-22)14-23(26)12-18)30-25(28)15-24(29-16(2)27)7-6-21-10-17-4-5-20(21)9-17/h4-5,17-24H,3,6-15H2,1-2H3. The van der Waals surface area contributed by atoms with Crippen LogP contribution in [0, 0.1) is 41.4 Å². The van der Waals surface area contributed by atoms with Crippen LogP contribution in [0.2, 0.25) is 0 Å². The second-order valence-electron chi connectivity index (χ2n) is 11.1. The van der Waals surface area contributed by atoms with Crippen molar-refractivity contribution in [1.82, 2.24) is 0 Å². The number of rotatable bonds is 8. The highest BCUT2D eigenvalue weighted by atomic mass is 16.6. The average molecular weight is 415 g/mol. The van der Waals surface area contributed by atoms with E-state index in [2.05, 4.69) is 19.1 Å². The average Bonchev–Trinajstić information content (AvgIpc) is 3.31. The Morgan fingerprint density at radius 1 is 1.00 bits per heavy atom. The van der Waals surface area contributed by atoms with Gasteiger partial charge in [0.1, 0.15) is 11.7 Å². The van der Waals surface area contributed by atoms with Crippen LogP contribution in [0.15, 0.2) is 12.2 Å². The highest BCUT2D eigenvalue weighted by Crippen LogP contribution is 2.60. The summed E-state index contributed by atoms with van der Waals surface area (Å²) < 4.78 is 11.9. The Labute approximate surface area is 181 Å². The van der Waals surface area contributed by atoms with Gasteiger partial charge in [0.15, 0.2) is 0 Å². The minimum Gasteiger partial charge on any atom is -0.462 e. The van der Waals surface area contributed by atoms with Gasteiger partial charge in [-0.1, -0.05) is 19.1 Å². The molecule has 0 saturated heterocycles. The first-order valence-electron chi connectivity index (χ1n) is 12.5. The molecule has 0 radical (unpaired) electrons. The quantitative estimate of drug-likeness (QED) is 0.391. The van der Waals surface area contributed by atoms with Gasteiger partial charge < -0.3 is 9.47 Å². The molecule has 6 aliphatic rings. The van der Waals surface area contributed by atoms with Crippen LogP contribution in [0.1, 0.15) is 84.5 Å². The molecule has 0 aromatic heterocycles. The third-order valence-electron chi connectivity index (χ3n) is 9.38. The molecule has 5 saturated carbocycles. The number of esters is 2. The molecule has 0 aromatic rings. The van der Waals surface area contributed by atoms with Gasteiger partial charge >= 0.3 is 11.9 Å². The second kappa shape index (κ2) is 7.98. The number of fused-ring (bicyclic) bond motifs is 2. The summed E-state index contributed by atoms with van der Waals surface area (Å²) in [5.74, 6) is 4.47. The third kappa shape index (κ3) is 3.73. The highest BCUT2D eigenvalue weighted by Gasteiger charge is 2.58. The summed E-state index contributed by atoms with van der Waals surface area (Å²) in [5, 5.41) is 0. The topological polar surface area (TPSA) is 52.6 Å². The van der Waals surface area contributed by atoms with Gasteiger partial charge in [0, 0.05) is 6.92 Å². The Hall–Kier alpha value is -1.32. The zero-order valence-electron chi connectivity index (χ0n) is 18.7. The molecular weight excluding hydrogens is 376 g/mol. The predicted molar refractivity (Wildman–Crippen MR) is 114 cm³/mol. The molecule has 6 bridgehead atoms. The lowest BCUT2D eigenvalue weighted by Crippen LogP contribution is -2.59. The first-order valence-corrected chi connectivity index (χ1v) is 12.5. The van der Waals surface area contributed by atoms with E-state index in [0.29, 0.717) is 23.7 Å². The summed E-state index contributed by atoms with van der Waals surface area (Å²) >= 11 is 0. The Kier molecular flexibility index (Phi) is 5.48. The smallest absolute Gasteiger partial charge is 0.310 e. The van der Waals surface area contributed by atoms with Crippen LogP contribution in [-0.4, -0.2) is 23.6 Å². The minimum atomic E-state index is -0.344. The maximum Gasteiger partial charge on any atom is 0.310 e. The van der Waals surface area contributed by atoms with Crippen molar-refractivity contribution in [3.8, 4) is 0 Å². The molecule has 0 aliphatic heterocycles. The normalized spacial score (nSPS) is 43.7. The molecule has 0 aromatic carbocycles. The van der Waals surface area contributed by atoms with E-state index in [0.717, 1.165) is 37.0 Å². The van der Waals surface area contributed by atoms with Crippen LogP contribution in [0.5, 0.6) is 0 Å². The fourth-order valence-corrected chi connectivity index (χ4v) is 8.30. The van der Waals surface area contributed by atoms with Crippen molar-refractivity contribution in [2.75, 3.05) is 0 Å². The van der Waals surface area contributed by atoms with Crippen LogP contribution in [0.3, 0.4) is 0 Å². The summed E-state index contributed by atoms with van der Waals surface area (Å²) in [7, 11) is 0. The summed E-state index contributed by atoms with van der Waals surface area (Å²) in [6, 6.07) is 0. The number of hydrogen-bond donors (Lipinski definition) is 0. The lowest BCUT2D eigenvalue weighted by Gasteiger charge is -2.60. The fraction of sp³-hybridized carbons (Fsp3) is 0.846. The van der Waals surface area contributed by atoms with Gasteiger partial charge in [0.05, 0.1) is 6.42 Å². The molecular formula is C26H38O4. The van der Waals surface area contributed by atoms with Gasteiger partial charge in [-0.25, -0.2) is 0 Å². The molecule has 4 atom stereocenters. The van der Waals surface area contributed by atoms with Gasteiger partial charge in [0.2, 0.25) is 0 Å². The van der Waals surface area contributed by atoms with Crippen molar-refractivity contribution in [3.05, 3.63) is 12.2 Å². The lowest BCUT2D eigenvalue weighted by atomic mass is 9.49. The number of carbonyl (C=O) groups excluding carboxylic acids is 2. The van der Waals surface area contributed by atoms with E-state index in [-0.39, 0.29) is 30.1 Å². The van der Waals surface area contributed by atoms with E-state index in [9.17, 15) is 9.59 Å². The molecule has 4 heteroatoms. The fourth-order valence-electron chi connectivity index (χ4n) is 8.30. The van der Waals surface area contributed by atoms with Gasteiger partial charge in [0.25, 0.3) is 0 Å². The van der Waals surface area contributed by atoms with Crippen molar-refractivity contribution in [2.24, 2.45) is 41.4 Å². The van der Waals surface area contributed by atoms with Crippen LogP contribution in [0.4, 0.5) is 0 Å². The van der Waals surface area contributed by atoms with Crippen LogP contribution < -0.4 is 0 Å². The zero-order valence-corrected chi connectivity index (χ0v) is 18.7. The molecule has 0 N–H and O–H groups in total. The molecule has 5 fully saturated rings. The molecule has 0 spiro atoms. The maximum absolute atomic E-state index is 13.1. The SMILES string of the molecule is CCC1(OC(=O)CC(CCC2CC3C=CC2C3)OC(C)=O)C2CC3CC(C2)CC1C3. The van der Waals surface area contributed by atoms with E-state index in [1.165, 1.54) is 51.9 Å². The van der Waals surface area contributed by atoms with Gasteiger partial charge in [-0.05, 0) is 106 Å². The summed E-state index contributed by atoms with van der Waals surface area (Å²) in [6.07, 6.45) is 16.2. The van der Waals surface area contributed by atoms with E-state index >= 15 is 0 Å². The molecule has 6 rings (SSSR count). The minimum absolute atomic E-state index is 0.150. The lowest BCUT2D eigenvalue weighted by molar-refractivity contribution is -0.212. The molecule has 0 heterocycles. The monoisotopic (exact) mass is 414 g/mol. The van der Waals surface area contributed by atoms with Gasteiger partial charge in [-0.15, -0.1) is 0 Å². The number of carbonyl (C=O) groups is 2. The Morgan fingerprint density at radius 3 is 2.23 bits per heavy atom. The van der Waals surface area contributed by atoms with E-state index in [1.807, 2.05) is 0 Å². The number of allylic oxidation sites excluding steroid dienone is 2. The summed E-state index contributed by atoms with van der Waals surface area (Å²) in [6.45, 7) is 3.64. The van der Waals surface area contributed by atoms with Gasteiger partial charge in [-0.2, -0.15) is 0 Å². The molecule has 6 aliphatic carbocycles. The molecule has 30 heavy (non-hydrogen) atoms. The van der Waals surface area contributed by atoms with Crippen molar-refractivity contribution < 1.29 is 19.1 Å². The van der Waals surface area contributed by atoms with Gasteiger partial charge in [-0.3, -0.25) is 9.59 Å². The first-order chi connectivity index (χ1) is 14.4. The van der Waals surface area contributed by atoms with Crippen molar-refractivity contribution >= 4 is 11.9 Å². The number of hydrogen-bond acceptors (Lipinski definition) is 4. The Bertz CT molecular complexity index is 682. The third-order valence-corrected chi connectivity index (χ3v) is 9.38. The van der Waals surface area contributed by atoms with Crippen molar-refractivity contribution in [1.29, 1.82) is 0 Å².